The highest BCUT2D eigenvalue weighted by Crippen LogP contribution is 2.28. The number of rotatable bonds is 3. The van der Waals surface area contributed by atoms with Crippen LogP contribution < -0.4 is 0 Å². The van der Waals surface area contributed by atoms with Crippen LogP contribution in [-0.4, -0.2) is 17.8 Å². The molecule has 1 aliphatic carbocycles. The molecule has 2 atom stereocenters. The van der Waals surface area contributed by atoms with Crippen LogP contribution in [0.2, 0.25) is 0 Å². The molecule has 1 fully saturated rings. The minimum atomic E-state index is -0.318. The molecular formula is C7H9ClO3. The van der Waals surface area contributed by atoms with E-state index in [0.717, 1.165) is 12.8 Å². The van der Waals surface area contributed by atoms with Gasteiger partial charge in [-0.1, -0.05) is 0 Å². The molecule has 3 nitrogen and oxygen atoms in total. The van der Waals surface area contributed by atoms with Crippen molar-refractivity contribution in [3.05, 3.63) is 0 Å². The molecule has 0 spiro atoms. The van der Waals surface area contributed by atoms with E-state index in [1.165, 1.54) is 0 Å². The minimum absolute atomic E-state index is 0.0970. The SMILES string of the molecule is O=COC1CCC(C(=O)Cl)C1. The molecule has 0 bridgehead atoms. The van der Waals surface area contributed by atoms with E-state index in [0.29, 0.717) is 12.9 Å². The number of halogens is 1. The van der Waals surface area contributed by atoms with Crippen molar-refractivity contribution >= 4 is 23.3 Å². The fraction of sp³-hybridized carbons (Fsp3) is 0.714. The van der Waals surface area contributed by atoms with Crippen LogP contribution in [0.5, 0.6) is 0 Å². The van der Waals surface area contributed by atoms with E-state index in [4.69, 9.17) is 16.3 Å². The summed E-state index contributed by atoms with van der Waals surface area (Å²) in [4.78, 5) is 20.5. The van der Waals surface area contributed by atoms with Gasteiger partial charge in [-0.2, -0.15) is 0 Å². The van der Waals surface area contributed by atoms with Crippen molar-refractivity contribution in [3.63, 3.8) is 0 Å². The predicted molar refractivity (Wildman–Crippen MR) is 39.1 cm³/mol. The van der Waals surface area contributed by atoms with Crippen molar-refractivity contribution in [2.75, 3.05) is 0 Å². The Morgan fingerprint density at radius 3 is 2.73 bits per heavy atom. The topological polar surface area (TPSA) is 43.4 Å². The molecule has 0 aliphatic heterocycles. The normalized spacial score (nSPS) is 29.9. The Bertz CT molecular complexity index is 169. The van der Waals surface area contributed by atoms with Crippen LogP contribution >= 0.6 is 11.6 Å². The lowest BCUT2D eigenvalue weighted by atomic mass is 10.1. The summed E-state index contributed by atoms with van der Waals surface area (Å²) in [7, 11) is 0. The molecule has 0 radical (unpaired) electrons. The van der Waals surface area contributed by atoms with Gasteiger partial charge in [-0.15, -0.1) is 0 Å². The van der Waals surface area contributed by atoms with E-state index in [1.54, 1.807) is 0 Å². The average Bonchev–Trinajstić information content (AvgIpc) is 2.37. The average molecular weight is 177 g/mol. The Labute approximate surface area is 69.7 Å². The molecule has 0 saturated heterocycles. The second-order valence-corrected chi connectivity index (χ2v) is 3.04. The van der Waals surface area contributed by atoms with Crippen LogP contribution in [0.15, 0.2) is 0 Å². The summed E-state index contributed by atoms with van der Waals surface area (Å²) in [6.07, 6.45) is 1.98. The zero-order valence-corrected chi connectivity index (χ0v) is 6.71. The Morgan fingerprint density at radius 2 is 2.27 bits per heavy atom. The Kier molecular flexibility index (Phi) is 2.88. The molecule has 0 amide bonds. The summed E-state index contributed by atoms with van der Waals surface area (Å²) in [5, 5.41) is -0.318. The zero-order chi connectivity index (χ0) is 8.27. The van der Waals surface area contributed by atoms with Crippen molar-refractivity contribution in [1.82, 2.24) is 0 Å². The number of carbonyl (C=O) groups is 2. The molecule has 0 heterocycles. The number of carbonyl (C=O) groups excluding carboxylic acids is 2. The molecule has 1 rings (SSSR count). The molecule has 0 aromatic heterocycles. The molecule has 4 heteroatoms. The fourth-order valence-electron chi connectivity index (χ4n) is 1.35. The van der Waals surface area contributed by atoms with Gasteiger partial charge in [0.15, 0.2) is 0 Å². The Hall–Kier alpha value is -0.570. The third-order valence-electron chi connectivity index (χ3n) is 1.95. The largest absolute Gasteiger partial charge is 0.465 e. The van der Waals surface area contributed by atoms with Crippen molar-refractivity contribution in [2.45, 2.75) is 25.4 Å². The van der Waals surface area contributed by atoms with Gasteiger partial charge in [0, 0.05) is 5.92 Å². The summed E-state index contributed by atoms with van der Waals surface area (Å²) in [6.45, 7) is 0.422. The lowest BCUT2D eigenvalue weighted by molar-refractivity contribution is -0.133. The second kappa shape index (κ2) is 3.72. The van der Waals surface area contributed by atoms with Gasteiger partial charge in [-0.25, -0.2) is 0 Å². The highest BCUT2D eigenvalue weighted by atomic mass is 35.5. The molecule has 1 aliphatic rings. The van der Waals surface area contributed by atoms with Crippen molar-refractivity contribution in [2.24, 2.45) is 5.92 Å². The van der Waals surface area contributed by atoms with Gasteiger partial charge >= 0.3 is 0 Å². The first-order valence-electron chi connectivity index (χ1n) is 3.52. The third kappa shape index (κ3) is 2.19. The van der Waals surface area contributed by atoms with E-state index < -0.39 is 0 Å². The van der Waals surface area contributed by atoms with E-state index in [9.17, 15) is 9.59 Å². The zero-order valence-electron chi connectivity index (χ0n) is 5.96. The van der Waals surface area contributed by atoms with E-state index in [-0.39, 0.29) is 17.3 Å². The minimum Gasteiger partial charge on any atom is -0.465 e. The summed E-state index contributed by atoms with van der Waals surface area (Å²) >= 11 is 5.27. The lowest BCUT2D eigenvalue weighted by Crippen LogP contribution is -2.09. The van der Waals surface area contributed by atoms with Crippen LogP contribution in [0.3, 0.4) is 0 Å². The first-order chi connectivity index (χ1) is 5.24. The molecule has 0 aromatic rings. The molecule has 2 unspecified atom stereocenters. The third-order valence-corrected chi connectivity index (χ3v) is 2.26. The molecule has 11 heavy (non-hydrogen) atoms. The van der Waals surface area contributed by atoms with Crippen LogP contribution in [0.25, 0.3) is 0 Å². The number of hydrogen-bond acceptors (Lipinski definition) is 3. The predicted octanol–water partition coefficient (Wildman–Crippen LogP) is 1.09. The maximum atomic E-state index is 10.6. The summed E-state index contributed by atoms with van der Waals surface area (Å²) in [6, 6.07) is 0. The van der Waals surface area contributed by atoms with Gasteiger partial charge < -0.3 is 4.74 Å². The van der Waals surface area contributed by atoms with E-state index in [1.807, 2.05) is 0 Å². The molecule has 62 valence electrons. The number of ether oxygens (including phenoxy) is 1. The molecule has 0 aromatic carbocycles. The summed E-state index contributed by atoms with van der Waals surface area (Å²) in [5.41, 5.74) is 0. The van der Waals surface area contributed by atoms with Gasteiger partial charge in [0.2, 0.25) is 5.24 Å². The lowest BCUT2D eigenvalue weighted by Gasteiger charge is -2.05. The standard InChI is InChI=1S/C7H9ClO3/c8-7(10)5-1-2-6(3-5)11-4-9/h4-6H,1-3H2. The first kappa shape index (κ1) is 8.53. The van der Waals surface area contributed by atoms with E-state index >= 15 is 0 Å². The fourth-order valence-corrected chi connectivity index (χ4v) is 1.55. The van der Waals surface area contributed by atoms with Gasteiger partial charge in [0.1, 0.15) is 6.10 Å². The summed E-state index contributed by atoms with van der Waals surface area (Å²) < 4.78 is 4.69. The smallest absolute Gasteiger partial charge is 0.293 e. The quantitative estimate of drug-likeness (QED) is 0.478. The van der Waals surface area contributed by atoms with Crippen molar-refractivity contribution in [1.29, 1.82) is 0 Å². The number of hydrogen-bond donors (Lipinski definition) is 0. The first-order valence-corrected chi connectivity index (χ1v) is 3.90. The van der Waals surface area contributed by atoms with Gasteiger partial charge in [-0.3, -0.25) is 9.59 Å². The molecule has 0 N–H and O–H groups in total. The molecule has 1 saturated carbocycles. The highest BCUT2D eigenvalue weighted by Gasteiger charge is 2.29. The Morgan fingerprint density at radius 1 is 1.55 bits per heavy atom. The van der Waals surface area contributed by atoms with Crippen LogP contribution in [-0.2, 0) is 14.3 Å². The van der Waals surface area contributed by atoms with Crippen molar-refractivity contribution < 1.29 is 14.3 Å². The van der Waals surface area contributed by atoms with Crippen molar-refractivity contribution in [3.8, 4) is 0 Å². The van der Waals surface area contributed by atoms with Crippen LogP contribution in [0.4, 0.5) is 0 Å². The van der Waals surface area contributed by atoms with Crippen LogP contribution in [0, 0.1) is 5.92 Å². The highest BCUT2D eigenvalue weighted by molar-refractivity contribution is 6.64. The van der Waals surface area contributed by atoms with Gasteiger partial charge in [0.05, 0.1) is 0 Å². The maximum absolute atomic E-state index is 10.6. The monoisotopic (exact) mass is 176 g/mol. The van der Waals surface area contributed by atoms with Crippen LogP contribution in [0.1, 0.15) is 19.3 Å². The second-order valence-electron chi connectivity index (χ2n) is 2.67. The van der Waals surface area contributed by atoms with Gasteiger partial charge in [-0.05, 0) is 30.9 Å². The van der Waals surface area contributed by atoms with Gasteiger partial charge in [0.25, 0.3) is 6.47 Å². The Balaban J connectivity index is 2.34. The maximum Gasteiger partial charge on any atom is 0.293 e. The van der Waals surface area contributed by atoms with E-state index in [2.05, 4.69) is 0 Å². The molecular weight excluding hydrogens is 168 g/mol. The summed E-state index contributed by atoms with van der Waals surface area (Å²) in [5.74, 6) is -0.110.